The van der Waals surface area contributed by atoms with Crippen molar-refractivity contribution < 1.29 is 34.2 Å². The molecule has 188 valence electrons. The fraction of sp³-hybridized carbons (Fsp3) is 0.435. The lowest BCUT2D eigenvalue weighted by Gasteiger charge is -2.28. The fourth-order valence-corrected chi connectivity index (χ4v) is 4.16. The third kappa shape index (κ3) is 6.15. The van der Waals surface area contributed by atoms with E-state index in [1.54, 1.807) is 6.20 Å². The number of fused-ring (bicyclic) bond motifs is 1. The van der Waals surface area contributed by atoms with Crippen LogP contribution in [0.15, 0.2) is 30.5 Å². The van der Waals surface area contributed by atoms with Gasteiger partial charge in [0.15, 0.2) is 0 Å². The van der Waals surface area contributed by atoms with E-state index in [1.807, 2.05) is 24.3 Å². The lowest BCUT2D eigenvalue weighted by Crippen LogP contribution is -2.57. The Hall–Kier alpha value is -3.93. The van der Waals surface area contributed by atoms with Gasteiger partial charge in [-0.05, 0) is 31.4 Å². The summed E-state index contributed by atoms with van der Waals surface area (Å²) < 4.78 is 0. The molecular weight excluding hydrogens is 458 g/mol. The first-order valence-electron chi connectivity index (χ1n) is 11.2. The van der Waals surface area contributed by atoms with Gasteiger partial charge in [0.25, 0.3) is 0 Å². The van der Waals surface area contributed by atoms with Gasteiger partial charge in [-0.3, -0.25) is 24.0 Å². The number of nitrogens with two attached hydrogens (primary N) is 1. The van der Waals surface area contributed by atoms with Crippen LogP contribution in [0, 0.1) is 0 Å². The quantitative estimate of drug-likeness (QED) is 0.260. The third-order valence-corrected chi connectivity index (χ3v) is 6.01. The number of H-pyrrole nitrogens is 1. The second-order valence-corrected chi connectivity index (χ2v) is 8.59. The maximum absolute atomic E-state index is 13.2. The SMILES string of the molecule is CC(NC(=O)C(Cc1c[nH]c2ccccc12)NC(=O)C1CCCN1C(=O)C(N)CC(=O)O)C(=O)O. The minimum absolute atomic E-state index is 0.0765. The number of benzene rings is 1. The smallest absolute Gasteiger partial charge is 0.325 e. The number of para-hydroxylation sites is 1. The fourth-order valence-electron chi connectivity index (χ4n) is 4.16. The topological polar surface area (TPSA) is 195 Å². The molecule has 4 unspecified atom stereocenters. The molecule has 35 heavy (non-hydrogen) atoms. The number of aromatic nitrogens is 1. The third-order valence-electron chi connectivity index (χ3n) is 6.01. The first kappa shape index (κ1) is 25.7. The van der Waals surface area contributed by atoms with Crippen molar-refractivity contribution in [3.63, 3.8) is 0 Å². The molecule has 1 aromatic carbocycles. The number of aliphatic carboxylic acids is 2. The normalized spacial score (nSPS) is 18.0. The monoisotopic (exact) mass is 487 g/mol. The van der Waals surface area contributed by atoms with Gasteiger partial charge in [-0.2, -0.15) is 0 Å². The number of likely N-dealkylation sites (tertiary alicyclic amines) is 1. The van der Waals surface area contributed by atoms with Crippen LogP contribution < -0.4 is 16.4 Å². The Morgan fingerprint density at radius 1 is 1.17 bits per heavy atom. The van der Waals surface area contributed by atoms with Crippen molar-refractivity contribution in [2.24, 2.45) is 5.73 Å². The Kier molecular flexibility index (Phi) is 8.07. The van der Waals surface area contributed by atoms with Crippen LogP contribution in [-0.2, 0) is 30.4 Å². The van der Waals surface area contributed by atoms with Crippen LogP contribution in [0.3, 0.4) is 0 Å². The molecule has 2 heterocycles. The second-order valence-electron chi connectivity index (χ2n) is 8.59. The first-order valence-corrected chi connectivity index (χ1v) is 11.2. The molecule has 0 aliphatic carbocycles. The molecule has 1 fully saturated rings. The summed E-state index contributed by atoms with van der Waals surface area (Å²) in [6.45, 7) is 1.55. The number of nitrogens with one attached hydrogen (secondary N) is 3. The number of nitrogens with zero attached hydrogens (tertiary/aromatic N) is 1. The number of amides is 3. The molecule has 2 aromatic rings. The molecule has 4 atom stereocenters. The van der Waals surface area contributed by atoms with Gasteiger partial charge in [-0.1, -0.05) is 18.2 Å². The average molecular weight is 488 g/mol. The highest BCUT2D eigenvalue weighted by Gasteiger charge is 2.38. The molecule has 12 heteroatoms. The number of aromatic amines is 1. The molecule has 3 rings (SSSR count). The summed E-state index contributed by atoms with van der Waals surface area (Å²) in [5.41, 5.74) is 7.29. The second kappa shape index (κ2) is 11.0. The lowest BCUT2D eigenvalue weighted by atomic mass is 10.0. The molecular formula is C23H29N5O7. The molecule has 0 saturated carbocycles. The van der Waals surface area contributed by atoms with Crippen molar-refractivity contribution >= 4 is 40.6 Å². The van der Waals surface area contributed by atoms with E-state index in [9.17, 15) is 29.1 Å². The standard InChI is InChI=1S/C23H29N5O7/c1-12(23(34)35)26-20(31)17(9-13-11-25-16-6-3-2-5-14(13)16)27-21(32)18-7-4-8-28(18)22(33)15(24)10-19(29)30/h2-3,5-6,11-12,15,17-18,25H,4,7-10,24H2,1H3,(H,26,31)(H,27,32)(H,29,30)(H,34,35). The van der Waals surface area contributed by atoms with Crippen molar-refractivity contribution in [3.05, 3.63) is 36.0 Å². The minimum Gasteiger partial charge on any atom is -0.481 e. The molecule has 0 spiro atoms. The highest BCUT2D eigenvalue weighted by Crippen LogP contribution is 2.21. The molecule has 7 N–H and O–H groups in total. The highest BCUT2D eigenvalue weighted by molar-refractivity contribution is 5.95. The molecule has 1 aliphatic heterocycles. The van der Waals surface area contributed by atoms with Crippen LogP contribution in [-0.4, -0.2) is 80.5 Å². The van der Waals surface area contributed by atoms with Crippen LogP contribution in [0.25, 0.3) is 10.9 Å². The minimum atomic E-state index is -1.29. The predicted octanol–water partition coefficient (Wildman–Crippen LogP) is -0.422. The predicted molar refractivity (Wildman–Crippen MR) is 124 cm³/mol. The van der Waals surface area contributed by atoms with Crippen LogP contribution >= 0.6 is 0 Å². The molecule has 0 bridgehead atoms. The number of rotatable bonds is 10. The Balaban J connectivity index is 1.79. The first-order chi connectivity index (χ1) is 16.6. The van der Waals surface area contributed by atoms with Gasteiger partial charge in [0, 0.05) is 30.1 Å². The van der Waals surface area contributed by atoms with E-state index in [2.05, 4.69) is 15.6 Å². The van der Waals surface area contributed by atoms with E-state index < -0.39 is 60.2 Å². The maximum Gasteiger partial charge on any atom is 0.325 e. The van der Waals surface area contributed by atoms with Gasteiger partial charge in [0.2, 0.25) is 17.7 Å². The Labute approximate surface area is 200 Å². The number of carboxylic acid groups (broad SMARTS) is 2. The van der Waals surface area contributed by atoms with E-state index in [0.29, 0.717) is 12.8 Å². The molecule has 3 amide bonds. The van der Waals surface area contributed by atoms with E-state index in [4.69, 9.17) is 10.8 Å². The molecule has 0 radical (unpaired) electrons. The van der Waals surface area contributed by atoms with Crippen LogP contribution in [0.5, 0.6) is 0 Å². The maximum atomic E-state index is 13.2. The lowest BCUT2D eigenvalue weighted by molar-refractivity contribution is -0.144. The van der Waals surface area contributed by atoms with E-state index in [-0.39, 0.29) is 13.0 Å². The van der Waals surface area contributed by atoms with Crippen molar-refractivity contribution in [1.29, 1.82) is 0 Å². The van der Waals surface area contributed by atoms with E-state index in [1.165, 1.54) is 11.8 Å². The average Bonchev–Trinajstić information content (AvgIpc) is 3.45. The summed E-state index contributed by atoms with van der Waals surface area (Å²) >= 11 is 0. The zero-order valence-electron chi connectivity index (χ0n) is 19.2. The van der Waals surface area contributed by atoms with Gasteiger partial charge in [0.1, 0.15) is 18.1 Å². The van der Waals surface area contributed by atoms with Crippen molar-refractivity contribution in [3.8, 4) is 0 Å². The van der Waals surface area contributed by atoms with Gasteiger partial charge in [-0.15, -0.1) is 0 Å². The highest BCUT2D eigenvalue weighted by atomic mass is 16.4. The van der Waals surface area contributed by atoms with Gasteiger partial charge in [-0.25, -0.2) is 0 Å². The summed E-state index contributed by atoms with van der Waals surface area (Å²) in [6, 6.07) is 2.91. The summed E-state index contributed by atoms with van der Waals surface area (Å²) in [6.07, 6.45) is 2.06. The van der Waals surface area contributed by atoms with E-state index >= 15 is 0 Å². The summed E-state index contributed by atoms with van der Waals surface area (Å²) in [7, 11) is 0. The van der Waals surface area contributed by atoms with Crippen molar-refractivity contribution in [1.82, 2.24) is 20.5 Å². The van der Waals surface area contributed by atoms with Crippen LogP contribution in [0.2, 0.25) is 0 Å². The van der Waals surface area contributed by atoms with Gasteiger partial charge in [0.05, 0.1) is 12.5 Å². The van der Waals surface area contributed by atoms with Crippen LogP contribution in [0.4, 0.5) is 0 Å². The summed E-state index contributed by atoms with van der Waals surface area (Å²) in [4.78, 5) is 65.3. The summed E-state index contributed by atoms with van der Waals surface area (Å²) in [5.74, 6) is -4.38. The number of hydrogen-bond acceptors (Lipinski definition) is 6. The number of hydrogen-bond donors (Lipinski definition) is 6. The molecule has 1 aliphatic rings. The number of carbonyl (C=O) groups excluding carboxylic acids is 3. The molecule has 1 saturated heterocycles. The summed E-state index contributed by atoms with van der Waals surface area (Å²) in [5, 5.41) is 24.0. The Bertz CT molecular complexity index is 1130. The molecule has 1 aromatic heterocycles. The Morgan fingerprint density at radius 2 is 1.89 bits per heavy atom. The van der Waals surface area contributed by atoms with Gasteiger partial charge < -0.3 is 36.5 Å². The zero-order valence-corrected chi connectivity index (χ0v) is 19.2. The van der Waals surface area contributed by atoms with Crippen molar-refractivity contribution in [2.75, 3.05) is 6.54 Å². The number of carbonyl (C=O) groups is 5. The van der Waals surface area contributed by atoms with Gasteiger partial charge >= 0.3 is 11.9 Å². The van der Waals surface area contributed by atoms with Crippen molar-refractivity contribution in [2.45, 2.75) is 56.8 Å². The van der Waals surface area contributed by atoms with E-state index in [0.717, 1.165) is 16.5 Å². The van der Waals surface area contributed by atoms with Crippen LogP contribution in [0.1, 0.15) is 31.7 Å². The largest absolute Gasteiger partial charge is 0.481 e. The zero-order chi connectivity index (χ0) is 25.7. The Morgan fingerprint density at radius 3 is 2.57 bits per heavy atom. The number of carboxylic acids is 2. The molecule has 12 nitrogen and oxygen atoms in total.